The van der Waals surface area contributed by atoms with Gasteiger partial charge in [-0.3, -0.25) is 0 Å². The molecule has 0 saturated carbocycles. The Kier molecular flexibility index (Phi) is 3.69. The van der Waals surface area contributed by atoms with Gasteiger partial charge in [-0.1, -0.05) is 0 Å². The van der Waals surface area contributed by atoms with Crippen LogP contribution in [0, 0.1) is 0 Å². The zero-order valence-electron chi connectivity index (χ0n) is 6.09. The topological polar surface area (TPSA) is 0 Å². The molecule has 4 heteroatoms. The molecule has 0 atom stereocenters. The van der Waals surface area contributed by atoms with Crippen LogP contribution in [0.5, 0.6) is 0 Å². The minimum absolute atomic E-state index is 0.442. The Hall–Kier alpha value is 0.260. The van der Waals surface area contributed by atoms with E-state index in [4.69, 9.17) is 0 Å². The molecule has 62 valence electrons. The predicted molar refractivity (Wildman–Crippen MR) is 45.7 cm³/mol. The Morgan fingerprint density at radius 1 is 1.30 bits per heavy atom. The van der Waals surface area contributed by atoms with Gasteiger partial charge in [-0.15, -0.1) is 0 Å². The molecule has 0 aromatic carbocycles. The van der Waals surface area contributed by atoms with Crippen molar-refractivity contribution in [1.29, 1.82) is 0 Å². The van der Waals surface area contributed by atoms with Crippen LogP contribution in [0.4, 0.5) is 13.2 Å². The first-order chi connectivity index (χ1) is 4.34. The molecule has 0 aliphatic rings. The molecule has 0 N–H and O–H groups in total. The summed E-state index contributed by atoms with van der Waals surface area (Å²) in [7, 11) is 0. The van der Waals surface area contributed by atoms with Crippen molar-refractivity contribution in [3.05, 3.63) is 9.66 Å². The van der Waals surface area contributed by atoms with E-state index in [2.05, 4.69) is 0 Å². The molecule has 0 fully saturated rings. The van der Waals surface area contributed by atoms with Gasteiger partial charge in [0.25, 0.3) is 0 Å². The molecule has 0 radical (unpaired) electrons. The molecule has 0 nitrogen and oxygen atoms in total. The fraction of sp³-hybridized carbons (Fsp3) is 0.667. The van der Waals surface area contributed by atoms with Crippen LogP contribution in [0.15, 0.2) is 9.66 Å². The second-order valence-electron chi connectivity index (χ2n) is 2.10. The van der Waals surface area contributed by atoms with E-state index in [0.717, 1.165) is 6.92 Å². The summed E-state index contributed by atoms with van der Waals surface area (Å²) in [5, 5.41) is 0. The zero-order valence-corrected chi connectivity index (χ0v) is 8.25. The van der Waals surface area contributed by atoms with Gasteiger partial charge in [-0.25, -0.2) is 0 Å². The van der Waals surface area contributed by atoms with E-state index in [-0.39, 0.29) is 0 Å². The monoisotopic (exact) mass is 266 g/mol. The maximum absolute atomic E-state index is 11.8. The fourth-order valence-corrected chi connectivity index (χ4v) is 2.61. The first kappa shape index (κ1) is 10.3. The third kappa shape index (κ3) is 4.14. The summed E-state index contributed by atoms with van der Waals surface area (Å²) in [5.41, 5.74) is -0.442. The Morgan fingerprint density at radius 2 is 1.70 bits per heavy atom. The van der Waals surface area contributed by atoms with Crippen molar-refractivity contribution < 1.29 is 13.2 Å². The average molecular weight is 266 g/mol. The third-order valence-corrected chi connectivity index (χ3v) is 3.01. The van der Waals surface area contributed by atoms with Gasteiger partial charge in [-0.2, -0.15) is 0 Å². The van der Waals surface area contributed by atoms with Crippen molar-refractivity contribution in [1.82, 2.24) is 0 Å². The van der Waals surface area contributed by atoms with Crippen LogP contribution in [-0.2, 0) is 0 Å². The number of halogens is 4. The summed E-state index contributed by atoms with van der Waals surface area (Å²) in [5.74, 6) is 0. The number of hydrogen-bond acceptors (Lipinski definition) is 0. The third-order valence-electron chi connectivity index (χ3n) is 0.829. The molecule has 0 aliphatic heterocycles. The van der Waals surface area contributed by atoms with Crippen molar-refractivity contribution in [3.8, 4) is 0 Å². The second kappa shape index (κ2) is 3.59. The van der Waals surface area contributed by atoms with Gasteiger partial charge in [0, 0.05) is 0 Å². The zero-order chi connectivity index (χ0) is 8.36. The van der Waals surface area contributed by atoms with Gasteiger partial charge >= 0.3 is 65.6 Å². The van der Waals surface area contributed by atoms with E-state index in [0.29, 0.717) is 0 Å². The first-order valence-electron chi connectivity index (χ1n) is 2.58. The molecular formula is C6H10F3I. The molecule has 10 heavy (non-hydrogen) atoms. The Balaban J connectivity index is 4.20. The van der Waals surface area contributed by atoms with Crippen LogP contribution in [0.1, 0.15) is 6.92 Å². The number of allylic oxidation sites excluding steroid dienone is 1. The molecule has 0 aromatic rings. The summed E-state index contributed by atoms with van der Waals surface area (Å²) in [4.78, 5) is 3.75. The van der Waals surface area contributed by atoms with E-state index in [9.17, 15) is 13.2 Å². The summed E-state index contributed by atoms with van der Waals surface area (Å²) >= 11 is -1.36. The van der Waals surface area contributed by atoms with Gasteiger partial charge < -0.3 is 0 Å². The Morgan fingerprint density at radius 3 is 1.80 bits per heavy atom. The van der Waals surface area contributed by atoms with Crippen LogP contribution in [0.3, 0.4) is 0 Å². The van der Waals surface area contributed by atoms with Crippen molar-refractivity contribution in [2.24, 2.45) is 0 Å². The molecule has 0 rings (SSSR count). The van der Waals surface area contributed by atoms with Crippen molar-refractivity contribution in [3.63, 3.8) is 0 Å². The van der Waals surface area contributed by atoms with Crippen LogP contribution < -0.4 is 0 Å². The van der Waals surface area contributed by atoms with E-state index >= 15 is 0 Å². The summed E-state index contributed by atoms with van der Waals surface area (Å²) in [6, 6.07) is 0. The van der Waals surface area contributed by atoms with E-state index < -0.39 is 31.6 Å². The number of hydrogen-bond donors (Lipinski definition) is 0. The predicted octanol–water partition coefficient (Wildman–Crippen LogP) is 3.22. The van der Waals surface area contributed by atoms with Gasteiger partial charge in [0.05, 0.1) is 0 Å². The fourth-order valence-electron chi connectivity index (χ4n) is 0.389. The van der Waals surface area contributed by atoms with Gasteiger partial charge in [0.1, 0.15) is 0 Å². The van der Waals surface area contributed by atoms with Gasteiger partial charge in [-0.05, 0) is 0 Å². The summed E-state index contributed by atoms with van der Waals surface area (Å²) in [6.07, 6.45) is -4.11. The molecule has 0 aliphatic carbocycles. The Labute approximate surface area is 65.9 Å². The molecule has 0 heterocycles. The van der Waals surface area contributed by atoms with Crippen LogP contribution in [0.2, 0.25) is 0 Å². The molecule has 0 bridgehead atoms. The van der Waals surface area contributed by atoms with Crippen molar-refractivity contribution >= 4 is 19.8 Å². The normalized spacial score (nSPS) is 15.4. The molecule has 0 amide bonds. The van der Waals surface area contributed by atoms with Crippen LogP contribution >= 0.6 is 19.8 Å². The maximum atomic E-state index is 11.8. The van der Waals surface area contributed by atoms with E-state index in [1.54, 1.807) is 0 Å². The SMILES string of the molecule is C/C(=C\I(C)C)C(F)(F)F. The average Bonchev–Trinajstić information content (AvgIpc) is 1.60. The molecule has 0 unspecified atom stereocenters. The second-order valence-corrected chi connectivity index (χ2v) is 7.38. The van der Waals surface area contributed by atoms with Gasteiger partial charge in [0.2, 0.25) is 0 Å². The summed E-state index contributed by atoms with van der Waals surface area (Å²) < 4.78 is 36.7. The minimum atomic E-state index is -4.11. The first-order valence-corrected chi connectivity index (χ1v) is 8.14. The molecule has 0 saturated heterocycles. The van der Waals surface area contributed by atoms with E-state index in [1.165, 1.54) is 4.08 Å². The Bertz CT molecular complexity index is 134. The quantitative estimate of drug-likeness (QED) is 0.505. The van der Waals surface area contributed by atoms with Crippen molar-refractivity contribution in [2.75, 3.05) is 9.86 Å². The molecule has 0 aromatic heterocycles. The van der Waals surface area contributed by atoms with E-state index in [1.807, 2.05) is 9.86 Å². The summed E-state index contributed by atoms with van der Waals surface area (Å²) in [6.45, 7) is 1.12. The van der Waals surface area contributed by atoms with Crippen LogP contribution in [-0.4, -0.2) is 16.0 Å². The standard InChI is InChI=1S/C6H10F3I/c1-5(4-10(2)3)6(7,8)9/h4H,1-3H3/b5-4+. The number of alkyl halides is 5. The molecule has 0 spiro atoms. The van der Waals surface area contributed by atoms with Gasteiger partial charge in [0.15, 0.2) is 0 Å². The van der Waals surface area contributed by atoms with Crippen LogP contribution in [0.25, 0.3) is 0 Å². The van der Waals surface area contributed by atoms with Crippen molar-refractivity contribution in [2.45, 2.75) is 13.1 Å². The number of rotatable bonds is 1. The molecular weight excluding hydrogens is 256 g/mol.